The number of allylic oxidation sites excluding steroid dienone is 3. The summed E-state index contributed by atoms with van der Waals surface area (Å²) in [6.07, 6.45) is 0.943. The van der Waals surface area contributed by atoms with Crippen LogP contribution in [0.2, 0.25) is 0 Å². The average Bonchev–Trinajstić information content (AvgIpc) is 2.84. The number of hydrogen-bond acceptors (Lipinski definition) is 3. The van der Waals surface area contributed by atoms with Crippen molar-refractivity contribution in [3.63, 3.8) is 0 Å². The van der Waals surface area contributed by atoms with Gasteiger partial charge in [-0.2, -0.15) is 0 Å². The van der Waals surface area contributed by atoms with Crippen LogP contribution >= 0.6 is 0 Å². The van der Waals surface area contributed by atoms with Gasteiger partial charge in [-0.3, -0.25) is 9.59 Å². The van der Waals surface area contributed by atoms with Gasteiger partial charge in [0.05, 0.1) is 0 Å². The summed E-state index contributed by atoms with van der Waals surface area (Å²) in [6, 6.07) is 21.4. The van der Waals surface area contributed by atoms with Crippen molar-refractivity contribution < 1.29 is 18.4 Å². The zero-order valence-electron chi connectivity index (χ0n) is 19.1. The van der Waals surface area contributed by atoms with E-state index in [1.54, 1.807) is 25.1 Å². The highest BCUT2D eigenvalue weighted by molar-refractivity contribution is 6.10. The van der Waals surface area contributed by atoms with Gasteiger partial charge in [-0.05, 0) is 60.7 Å². The third-order valence-electron chi connectivity index (χ3n) is 6.63. The number of nitrogens with one attached hydrogen (secondary N) is 2. The van der Waals surface area contributed by atoms with Crippen LogP contribution in [0, 0.1) is 11.6 Å². The van der Waals surface area contributed by atoms with E-state index in [1.165, 1.54) is 30.3 Å². The topological polar surface area (TPSA) is 58.2 Å². The SMILES string of the molecule is CC1=C(C(=O)Nc2cccc(F)c2)[C@H](c2ccc(F)cc2)C2=C(C[C@@H](c3ccccc3)CC2=O)N1. The lowest BCUT2D eigenvalue weighted by molar-refractivity contribution is -0.116. The Morgan fingerprint density at radius 3 is 2.34 bits per heavy atom. The van der Waals surface area contributed by atoms with E-state index >= 15 is 0 Å². The summed E-state index contributed by atoms with van der Waals surface area (Å²) in [5.74, 6) is -2.00. The number of Topliss-reactive ketones (excluding diaryl/α,β-unsaturated/α-hetero) is 1. The molecule has 0 unspecified atom stereocenters. The van der Waals surface area contributed by atoms with Crippen LogP contribution in [0.1, 0.15) is 42.7 Å². The van der Waals surface area contributed by atoms with E-state index in [0.29, 0.717) is 40.9 Å². The number of carbonyl (C=O) groups is 2. The number of halogens is 2. The zero-order chi connectivity index (χ0) is 24.5. The highest BCUT2D eigenvalue weighted by Gasteiger charge is 2.40. The normalized spacial score (nSPS) is 19.8. The molecule has 1 aliphatic heterocycles. The van der Waals surface area contributed by atoms with E-state index in [0.717, 1.165) is 11.3 Å². The highest BCUT2D eigenvalue weighted by Crippen LogP contribution is 2.45. The van der Waals surface area contributed by atoms with Crippen LogP contribution in [0.25, 0.3) is 0 Å². The molecule has 3 aromatic carbocycles. The van der Waals surface area contributed by atoms with Crippen LogP contribution in [0.5, 0.6) is 0 Å². The van der Waals surface area contributed by atoms with Gasteiger partial charge >= 0.3 is 0 Å². The Kier molecular flexibility index (Phi) is 6.03. The molecule has 0 fully saturated rings. The summed E-state index contributed by atoms with van der Waals surface area (Å²) in [5, 5.41) is 6.07. The maximum absolute atomic E-state index is 13.7. The molecule has 35 heavy (non-hydrogen) atoms. The molecule has 4 nitrogen and oxygen atoms in total. The van der Waals surface area contributed by atoms with Crippen molar-refractivity contribution in [1.29, 1.82) is 0 Å². The molecule has 2 aliphatic rings. The van der Waals surface area contributed by atoms with Gasteiger partial charge in [-0.1, -0.05) is 48.5 Å². The Hall–Kier alpha value is -4.06. The fourth-order valence-corrected chi connectivity index (χ4v) is 5.05. The molecule has 2 N–H and O–H groups in total. The van der Waals surface area contributed by atoms with E-state index in [9.17, 15) is 18.4 Å². The molecule has 3 aromatic rings. The fraction of sp³-hybridized carbons (Fsp3) is 0.172. The second-order valence-electron chi connectivity index (χ2n) is 8.94. The predicted molar refractivity (Wildman–Crippen MR) is 130 cm³/mol. The van der Waals surface area contributed by atoms with Crippen molar-refractivity contribution in [3.8, 4) is 0 Å². The molecule has 1 heterocycles. The Morgan fingerprint density at radius 1 is 0.886 bits per heavy atom. The van der Waals surface area contributed by atoms with Crippen molar-refractivity contribution in [3.05, 3.63) is 124 Å². The van der Waals surface area contributed by atoms with Gasteiger partial charge in [-0.15, -0.1) is 0 Å². The highest BCUT2D eigenvalue weighted by atomic mass is 19.1. The van der Waals surface area contributed by atoms with Gasteiger partial charge in [0.1, 0.15) is 11.6 Å². The summed E-state index contributed by atoms with van der Waals surface area (Å²) in [6.45, 7) is 1.79. The van der Waals surface area contributed by atoms with E-state index in [4.69, 9.17) is 0 Å². The van der Waals surface area contributed by atoms with Crippen LogP contribution in [-0.4, -0.2) is 11.7 Å². The molecule has 0 bridgehead atoms. The molecule has 176 valence electrons. The standard InChI is InChI=1S/C29H24F2N2O2/c1-17-26(29(35)33-23-9-5-8-22(31)16-23)27(19-10-12-21(30)13-11-19)28-24(32-17)14-20(15-25(28)34)18-6-3-2-4-7-18/h2-13,16,20,27,32H,14-15H2,1H3,(H,33,35)/t20-,27+/m1/s1. The largest absolute Gasteiger partial charge is 0.362 e. The van der Waals surface area contributed by atoms with Crippen LogP contribution < -0.4 is 10.6 Å². The molecule has 2 atom stereocenters. The lowest BCUT2D eigenvalue weighted by Gasteiger charge is -2.37. The van der Waals surface area contributed by atoms with E-state index < -0.39 is 23.5 Å². The molecule has 0 spiro atoms. The van der Waals surface area contributed by atoms with E-state index in [2.05, 4.69) is 10.6 Å². The molecular formula is C29H24F2N2O2. The minimum Gasteiger partial charge on any atom is -0.362 e. The van der Waals surface area contributed by atoms with Crippen LogP contribution in [-0.2, 0) is 9.59 Å². The molecule has 0 saturated heterocycles. The summed E-state index contributed by atoms with van der Waals surface area (Å²) in [5.41, 5.74) is 4.31. The van der Waals surface area contributed by atoms with Gasteiger partial charge in [0.25, 0.3) is 5.91 Å². The van der Waals surface area contributed by atoms with Crippen LogP contribution in [0.3, 0.4) is 0 Å². The van der Waals surface area contributed by atoms with Crippen LogP contribution in [0.4, 0.5) is 14.5 Å². The molecule has 0 radical (unpaired) electrons. The second kappa shape index (κ2) is 9.29. The Labute approximate surface area is 202 Å². The summed E-state index contributed by atoms with van der Waals surface area (Å²) >= 11 is 0. The number of benzene rings is 3. The number of amides is 1. The lowest BCUT2D eigenvalue weighted by atomic mass is 9.71. The second-order valence-corrected chi connectivity index (χ2v) is 8.94. The van der Waals surface area contributed by atoms with E-state index in [1.807, 2.05) is 30.3 Å². The predicted octanol–water partition coefficient (Wildman–Crippen LogP) is 5.97. The summed E-state index contributed by atoms with van der Waals surface area (Å²) in [4.78, 5) is 27.0. The number of hydrogen-bond donors (Lipinski definition) is 2. The van der Waals surface area contributed by atoms with E-state index in [-0.39, 0.29) is 11.7 Å². The summed E-state index contributed by atoms with van der Waals surface area (Å²) in [7, 11) is 0. The molecule has 1 amide bonds. The number of rotatable bonds is 4. The Balaban J connectivity index is 1.56. The zero-order valence-corrected chi connectivity index (χ0v) is 19.1. The van der Waals surface area contributed by atoms with Crippen molar-refractivity contribution >= 4 is 17.4 Å². The van der Waals surface area contributed by atoms with Crippen LogP contribution in [0.15, 0.2) is 101 Å². The third-order valence-corrected chi connectivity index (χ3v) is 6.63. The first kappa shape index (κ1) is 22.7. The molecule has 0 saturated carbocycles. The van der Waals surface area contributed by atoms with Gasteiger partial charge in [0, 0.05) is 40.6 Å². The Morgan fingerprint density at radius 2 is 1.63 bits per heavy atom. The van der Waals surface area contributed by atoms with Crippen molar-refractivity contribution in [2.75, 3.05) is 5.32 Å². The first-order valence-electron chi connectivity index (χ1n) is 11.5. The minimum absolute atomic E-state index is 0.0271. The van der Waals surface area contributed by atoms with Crippen molar-refractivity contribution in [2.45, 2.75) is 31.6 Å². The smallest absolute Gasteiger partial charge is 0.254 e. The molecule has 1 aliphatic carbocycles. The van der Waals surface area contributed by atoms with Gasteiger partial charge in [0.15, 0.2) is 5.78 Å². The lowest BCUT2D eigenvalue weighted by Crippen LogP contribution is -2.37. The van der Waals surface area contributed by atoms with Gasteiger partial charge in [-0.25, -0.2) is 8.78 Å². The first-order chi connectivity index (χ1) is 16.9. The monoisotopic (exact) mass is 470 g/mol. The number of dihydropyridines is 1. The average molecular weight is 471 g/mol. The molecule has 6 heteroatoms. The number of anilines is 1. The summed E-state index contributed by atoms with van der Waals surface area (Å²) < 4.78 is 27.4. The van der Waals surface area contributed by atoms with Gasteiger partial charge in [0.2, 0.25) is 0 Å². The third kappa shape index (κ3) is 4.52. The molecule has 5 rings (SSSR count). The number of carbonyl (C=O) groups excluding carboxylic acids is 2. The van der Waals surface area contributed by atoms with Crippen molar-refractivity contribution in [2.24, 2.45) is 0 Å². The number of ketones is 1. The minimum atomic E-state index is -0.662. The Bertz CT molecular complexity index is 1360. The molecular weight excluding hydrogens is 446 g/mol. The van der Waals surface area contributed by atoms with Gasteiger partial charge < -0.3 is 10.6 Å². The quantitative estimate of drug-likeness (QED) is 0.494. The maximum Gasteiger partial charge on any atom is 0.254 e. The fourth-order valence-electron chi connectivity index (χ4n) is 5.05. The van der Waals surface area contributed by atoms with Crippen molar-refractivity contribution in [1.82, 2.24) is 5.32 Å². The maximum atomic E-state index is 13.7. The first-order valence-corrected chi connectivity index (χ1v) is 11.5. The molecule has 0 aromatic heterocycles.